The molecule has 4 heteroatoms. The van der Waals surface area contributed by atoms with Crippen molar-refractivity contribution >= 4 is 5.97 Å². The predicted molar refractivity (Wildman–Crippen MR) is 113 cm³/mol. The van der Waals surface area contributed by atoms with E-state index in [2.05, 4.69) is 20.8 Å². The summed E-state index contributed by atoms with van der Waals surface area (Å²) >= 11 is 0. The first kappa shape index (κ1) is 21.6. The molecule has 0 radical (unpaired) electrons. The van der Waals surface area contributed by atoms with E-state index in [1.165, 1.54) is 32.8 Å². The second-order valence-electron chi connectivity index (χ2n) is 11.5. The molecule has 4 aliphatic rings. The molecule has 0 heterocycles. The molecule has 0 aromatic heterocycles. The fourth-order valence-corrected chi connectivity index (χ4v) is 8.82. The standard InChI is InChI=1S/C25H42O4/c1-15(5-8-22(28)29-4)18-6-7-19-23-20(10-12-25(18,19)3)24(2)11-9-17(26)13-16(24)14-21(23)27/h15-21,23,26-27H,5-14H2,1-4H3/t15?,16?,17-,18?,19?,20?,21-,23?,24+,25-/m1/s1. The molecule has 0 bridgehead atoms. The molecule has 4 nitrogen and oxygen atoms in total. The molecule has 10 atom stereocenters. The number of carbonyl (C=O) groups is 1. The van der Waals surface area contributed by atoms with Crippen molar-refractivity contribution in [3.05, 3.63) is 0 Å². The number of esters is 1. The minimum absolute atomic E-state index is 0.0959. The lowest BCUT2D eigenvalue weighted by Crippen LogP contribution is -2.58. The number of rotatable bonds is 4. The number of methoxy groups -OCH3 is 1. The van der Waals surface area contributed by atoms with E-state index >= 15 is 0 Å². The third kappa shape index (κ3) is 3.46. The molecule has 4 saturated carbocycles. The molecule has 4 rings (SSSR count). The molecule has 0 saturated heterocycles. The zero-order valence-electron chi connectivity index (χ0n) is 18.9. The Morgan fingerprint density at radius 1 is 1.03 bits per heavy atom. The molecular formula is C25H42O4. The van der Waals surface area contributed by atoms with Crippen LogP contribution in [0.4, 0.5) is 0 Å². The average molecular weight is 407 g/mol. The van der Waals surface area contributed by atoms with Gasteiger partial charge in [0, 0.05) is 6.42 Å². The van der Waals surface area contributed by atoms with Crippen LogP contribution in [0, 0.1) is 46.3 Å². The van der Waals surface area contributed by atoms with Gasteiger partial charge in [0.2, 0.25) is 0 Å². The molecule has 0 spiro atoms. The van der Waals surface area contributed by atoms with Crippen molar-refractivity contribution < 1.29 is 19.7 Å². The number of ether oxygens (including phenoxy) is 1. The van der Waals surface area contributed by atoms with Crippen LogP contribution >= 0.6 is 0 Å². The number of aliphatic hydroxyl groups is 2. The maximum absolute atomic E-state index is 11.6. The van der Waals surface area contributed by atoms with E-state index in [0.717, 1.165) is 32.1 Å². The normalized spacial score (nSPS) is 50.2. The second-order valence-corrected chi connectivity index (χ2v) is 11.5. The maximum atomic E-state index is 11.6. The van der Waals surface area contributed by atoms with Gasteiger partial charge in [0.05, 0.1) is 19.3 Å². The fraction of sp³-hybridized carbons (Fsp3) is 0.960. The minimum atomic E-state index is -0.211. The number of carbonyl (C=O) groups excluding carboxylic acids is 1. The van der Waals surface area contributed by atoms with Crippen LogP contribution in [0.5, 0.6) is 0 Å². The summed E-state index contributed by atoms with van der Waals surface area (Å²) in [5.41, 5.74) is 0.577. The first-order chi connectivity index (χ1) is 13.7. The molecule has 4 aliphatic carbocycles. The number of aliphatic hydroxyl groups excluding tert-OH is 2. The molecule has 2 N–H and O–H groups in total. The largest absolute Gasteiger partial charge is 0.469 e. The third-order valence-corrected chi connectivity index (χ3v) is 10.4. The summed E-state index contributed by atoms with van der Waals surface area (Å²) in [5, 5.41) is 21.5. The Bertz CT molecular complexity index is 620. The van der Waals surface area contributed by atoms with Crippen LogP contribution in [0.15, 0.2) is 0 Å². The van der Waals surface area contributed by atoms with Gasteiger partial charge in [-0.1, -0.05) is 20.8 Å². The van der Waals surface area contributed by atoms with Gasteiger partial charge in [-0.25, -0.2) is 0 Å². The Kier molecular flexibility index (Phi) is 5.83. The Labute approximate surface area is 176 Å². The second kappa shape index (κ2) is 7.82. The van der Waals surface area contributed by atoms with Crippen LogP contribution in [0.1, 0.15) is 85.0 Å². The van der Waals surface area contributed by atoms with Crippen molar-refractivity contribution in [2.24, 2.45) is 46.3 Å². The zero-order valence-corrected chi connectivity index (χ0v) is 18.9. The predicted octanol–water partition coefficient (Wildman–Crippen LogP) is 4.57. The van der Waals surface area contributed by atoms with Gasteiger partial charge in [0.1, 0.15) is 0 Å². The summed E-state index contributed by atoms with van der Waals surface area (Å²) < 4.78 is 4.86. The van der Waals surface area contributed by atoms with Gasteiger partial charge < -0.3 is 14.9 Å². The lowest BCUT2D eigenvalue weighted by molar-refractivity contribution is -0.174. The molecule has 29 heavy (non-hydrogen) atoms. The van der Waals surface area contributed by atoms with Gasteiger partial charge >= 0.3 is 5.97 Å². The number of hydrogen-bond acceptors (Lipinski definition) is 4. The first-order valence-electron chi connectivity index (χ1n) is 12.1. The monoisotopic (exact) mass is 406 g/mol. The Morgan fingerprint density at radius 2 is 1.72 bits per heavy atom. The third-order valence-electron chi connectivity index (χ3n) is 10.4. The maximum Gasteiger partial charge on any atom is 0.305 e. The van der Waals surface area contributed by atoms with E-state index in [1.807, 2.05) is 0 Å². The van der Waals surface area contributed by atoms with Crippen molar-refractivity contribution in [1.82, 2.24) is 0 Å². The first-order valence-corrected chi connectivity index (χ1v) is 12.1. The highest BCUT2D eigenvalue weighted by atomic mass is 16.5. The highest BCUT2D eigenvalue weighted by molar-refractivity contribution is 5.69. The highest BCUT2D eigenvalue weighted by Crippen LogP contribution is 2.68. The van der Waals surface area contributed by atoms with Crippen molar-refractivity contribution in [3.63, 3.8) is 0 Å². The van der Waals surface area contributed by atoms with Gasteiger partial charge in [-0.3, -0.25) is 4.79 Å². The molecule has 0 aliphatic heterocycles. The van der Waals surface area contributed by atoms with E-state index in [0.29, 0.717) is 47.3 Å². The van der Waals surface area contributed by atoms with Crippen molar-refractivity contribution in [2.45, 2.75) is 97.2 Å². The molecule has 0 aromatic rings. The smallest absolute Gasteiger partial charge is 0.305 e. The van der Waals surface area contributed by atoms with E-state index < -0.39 is 0 Å². The van der Waals surface area contributed by atoms with Crippen LogP contribution in [0.25, 0.3) is 0 Å². The highest BCUT2D eigenvalue weighted by Gasteiger charge is 2.62. The van der Waals surface area contributed by atoms with Gasteiger partial charge in [0.15, 0.2) is 0 Å². The van der Waals surface area contributed by atoms with Crippen molar-refractivity contribution in [1.29, 1.82) is 0 Å². The Balaban J connectivity index is 1.53. The van der Waals surface area contributed by atoms with Crippen LogP contribution in [0.3, 0.4) is 0 Å². The summed E-state index contributed by atoms with van der Waals surface area (Å²) in [7, 11) is 1.48. The zero-order chi connectivity index (χ0) is 21.0. The van der Waals surface area contributed by atoms with Gasteiger partial charge in [-0.15, -0.1) is 0 Å². The summed E-state index contributed by atoms with van der Waals surface area (Å²) in [6, 6.07) is 0. The molecular weight excluding hydrogens is 364 g/mol. The van der Waals surface area contributed by atoms with Crippen molar-refractivity contribution in [3.8, 4) is 0 Å². The van der Waals surface area contributed by atoms with Crippen LogP contribution in [-0.4, -0.2) is 35.5 Å². The molecule has 0 aromatic carbocycles. The lowest BCUT2D eigenvalue weighted by Gasteiger charge is -2.62. The van der Waals surface area contributed by atoms with E-state index in [1.54, 1.807) is 0 Å². The lowest BCUT2D eigenvalue weighted by atomic mass is 9.43. The molecule has 0 amide bonds. The van der Waals surface area contributed by atoms with E-state index in [4.69, 9.17) is 4.74 Å². The Hall–Kier alpha value is -0.610. The van der Waals surface area contributed by atoms with Crippen LogP contribution in [0.2, 0.25) is 0 Å². The quantitative estimate of drug-likeness (QED) is 0.671. The van der Waals surface area contributed by atoms with Gasteiger partial charge in [-0.05, 0) is 104 Å². The van der Waals surface area contributed by atoms with Crippen molar-refractivity contribution in [2.75, 3.05) is 7.11 Å². The summed E-state index contributed by atoms with van der Waals surface area (Å²) in [6.45, 7) is 7.29. The number of hydrogen-bond donors (Lipinski definition) is 2. The van der Waals surface area contributed by atoms with E-state index in [9.17, 15) is 15.0 Å². The fourth-order valence-electron chi connectivity index (χ4n) is 8.82. The summed E-state index contributed by atoms with van der Waals surface area (Å²) in [5.74, 6) is 3.17. The minimum Gasteiger partial charge on any atom is -0.469 e. The van der Waals surface area contributed by atoms with Gasteiger partial charge in [0.25, 0.3) is 0 Å². The Morgan fingerprint density at radius 3 is 2.45 bits per heavy atom. The molecule has 166 valence electrons. The molecule has 4 fully saturated rings. The average Bonchev–Trinajstić information content (AvgIpc) is 3.04. The van der Waals surface area contributed by atoms with Gasteiger partial charge in [-0.2, -0.15) is 0 Å². The van der Waals surface area contributed by atoms with E-state index in [-0.39, 0.29) is 23.6 Å². The van der Waals surface area contributed by atoms with Crippen LogP contribution in [-0.2, 0) is 9.53 Å². The summed E-state index contributed by atoms with van der Waals surface area (Å²) in [4.78, 5) is 11.6. The molecule has 6 unspecified atom stereocenters. The summed E-state index contributed by atoms with van der Waals surface area (Å²) in [6.07, 6.45) is 9.80. The SMILES string of the molecule is COC(=O)CCC(C)C1CCC2C3C(CC[C@]12C)[C@@]1(C)CC[C@@H](O)CC1C[C@H]3O. The topological polar surface area (TPSA) is 66.8 Å². The van der Waals surface area contributed by atoms with Crippen LogP contribution < -0.4 is 0 Å². The number of fused-ring (bicyclic) bond motifs is 5.